The van der Waals surface area contributed by atoms with Gasteiger partial charge in [0, 0.05) is 51.3 Å². The van der Waals surface area contributed by atoms with E-state index in [-0.39, 0.29) is 11.8 Å². The Bertz CT molecular complexity index is 960. The van der Waals surface area contributed by atoms with Gasteiger partial charge in [-0.15, -0.1) is 0 Å². The van der Waals surface area contributed by atoms with Gasteiger partial charge in [-0.25, -0.2) is 4.98 Å². The van der Waals surface area contributed by atoms with Crippen LogP contribution in [0.3, 0.4) is 0 Å². The molecule has 2 amide bonds. The van der Waals surface area contributed by atoms with Crippen molar-refractivity contribution in [3.8, 4) is 0 Å². The minimum Gasteiger partial charge on any atom is -0.354 e. The van der Waals surface area contributed by atoms with E-state index in [1.165, 1.54) is 11.1 Å². The number of fused-ring (bicyclic) bond motifs is 2. The van der Waals surface area contributed by atoms with Crippen molar-refractivity contribution >= 4 is 11.8 Å². The summed E-state index contributed by atoms with van der Waals surface area (Å²) in [4.78, 5) is 32.1. The molecule has 0 bridgehead atoms. The number of amides is 2. The van der Waals surface area contributed by atoms with E-state index in [0.29, 0.717) is 51.4 Å². The standard InChI is InChI=1S/C25H34N4O3/c1-18(2)16-27-23(31)21-17-29-15-12-26-24(29)25(32-21)10-13-28(14-11-25)22(30)9-8-20-7-5-4-6-19(20)3/h4-7,12,15,18,21H,8-11,13-14,16-17H2,1-3H3,(H,27,31)/t21-/m0/s1. The van der Waals surface area contributed by atoms with E-state index in [1.807, 2.05) is 27.8 Å². The topological polar surface area (TPSA) is 76.5 Å². The molecule has 172 valence electrons. The molecule has 7 heteroatoms. The predicted octanol–water partition coefficient (Wildman–Crippen LogP) is 2.81. The van der Waals surface area contributed by atoms with Crippen molar-refractivity contribution in [1.29, 1.82) is 0 Å². The molecule has 0 saturated carbocycles. The highest BCUT2D eigenvalue weighted by Gasteiger charge is 2.47. The van der Waals surface area contributed by atoms with Crippen molar-refractivity contribution in [2.24, 2.45) is 5.92 Å². The Morgan fingerprint density at radius 2 is 2.00 bits per heavy atom. The van der Waals surface area contributed by atoms with Gasteiger partial charge in [-0.3, -0.25) is 9.59 Å². The number of piperidine rings is 1. The third-order valence-corrected chi connectivity index (χ3v) is 6.62. The molecule has 1 N–H and O–H groups in total. The number of rotatable bonds is 6. The van der Waals surface area contributed by atoms with Gasteiger partial charge in [0.05, 0.1) is 6.54 Å². The molecule has 0 unspecified atom stereocenters. The molecule has 7 nitrogen and oxygen atoms in total. The molecule has 1 saturated heterocycles. The Hall–Kier alpha value is -2.67. The van der Waals surface area contributed by atoms with Gasteiger partial charge in [-0.1, -0.05) is 38.1 Å². The first-order valence-corrected chi connectivity index (χ1v) is 11.7. The number of aromatic nitrogens is 2. The van der Waals surface area contributed by atoms with Crippen molar-refractivity contribution in [2.75, 3.05) is 19.6 Å². The number of hydrogen-bond donors (Lipinski definition) is 1. The Kier molecular flexibility index (Phi) is 6.65. The fourth-order valence-corrected chi connectivity index (χ4v) is 4.70. The fourth-order valence-electron chi connectivity index (χ4n) is 4.70. The molecular weight excluding hydrogens is 404 g/mol. The number of carbonyl (C=O) groups excluding carboxylic acids is 2. The first kappa shape index (κ1) is 22.5. The lowest BCUT2D eigenvalue weighted by atomic mass is 9.88. The van der Waals surface area contributed by atoms with Crippen LogP contribution in [0.4, 0.5) is 0 Å². The van der Waals surface area contributed by atoms with Crippen LogP contribution >= 0.6 is 0 Å². The fraction of sp³-hybridized carbons (Fsp3) is 0.560. The van der Waals surface area contributed by atoms with Gasteiger partial charge in [0.2, 0.25) is 5.91 Å². The monoisotopic (exact) mass is 438 g/mol. The van der Waals surface area contributed by atoms with Crippen LogP contribution in [-0.4, -0.2) is 52.0 Å². The van der Waals surface area contributed by atoms with Crippen LogP contribution in [0.15, 0.2) is 36.7 Å². The van der Waals surface area contributed by atoms with Crippen LogP contribution in [0.2, 0.25) is 0 Å². The second kappa shape index (κ2) is 9.45. The highest BCUT2D eigenvalue weighted by atomic mass is 16.5. The third-order valence-electron chi connectivity index (χ3n) is 6.62. The number of ether oxygens (including phenoxy) is 1. The molecule has 1 atom stereocenters. The number of likely N-dealkylation sites (tertiary alicyclic amines) is 1. The summed E-state index contributed by atoms with van der Waals surface area (Å²) in [7, 11) is 0. The van der Waals surface area contributed by atoms with Gasteiger partial charge in [-0.2, -0.15) is 0 Å². The summed E-state index contributed by atoms with van der Waals surface area (Å²) in [6.07, 6.45) is 5.71. The molecule has 2 aromatic rings. The zero-order valence-corrected chi connectivity index (χ0v) is 19.3. The summed E-state index contributed by atoms with van der Waals surface area (Å²) in [6.45, 7) is 8.55. The van der Waals surface area contributed by atoms with Crippen LogP contribution in [0.25, 0.3) is 0 Å². The SMILES string of the molecule is Cc1ccccc1CCC(=O)N1CCC2(CC1)O[C@H](C(=O)NCC(C)C)Cn1ccnc12. The number of imidazole rings is 1. The molecule has 1 fully saturated rings. The Morgan fingerprint density at radius 3 is 2.72 bits per heavy atom. The lowest BCUT2D eigenvalue weighted by Crippen LogP contribution is -2.55. The summed E-state index contributed by atoms with van der Waals surface area (Å²) < 4.78 is 8.47. The first-order chi connectivity index (χ1) is 15.4. The molecule has 1 spiro atoms. The lowest BCUT2D eigenvalue weighted by molar-refractivity contribution is -0.176. The maximum atomic E-state index is 12.9. The second-order valence-electron chi connectivity index (χ2n) is 9.45. The lowest BCUT2D eigenvalue weighted by Gasteiger charge is -2.45. The Balaban J connectivity index is 1.39. The Morgan fingerprint density at radius 1 is 1.25 bits per heavy atom. The molecule has 0 radical (unpaired) electrons. The number of nitrogens with zero attached hydrogens (tertiary/aromatic N) is 3. The van der Waals surface area contributed by atoms with E-state index in [2.05, 4.69) is 43.2 Å². The summed E-state index contributed by atoms with van der Waals surface area (Å²) in [5.74, 6) is 1.36. The largest absolute Gasteiger partial charge is 0.354 e. The van der Waals surface area contributed by atoms with Crippen LogP contribution in [0, 0.1) is 12.8 Å². The molecule has 3 heterocycles. The summed E-state index contributed by atoms with van der Waals surface area (Å²) >= 11 is 0. The minimum absolute atomic E-state index is 0.0749. The molecule has 2 aliphatic heterocycles. The smallest absolute Gasteiger partial charge is 0.251 e. The van der Waals surface area contributed by atoms with Gasteiger partial charge in [0.1, 0.15) is 11.4 Å². The van der Waals surface area contributed by atoms with Gasteiger partial charge in [0.25, 0.3) is 5.91 Å². The molecule has 4 rings (SSSR count). The molecule has 0 aliphatic carbocycles. The van der Waals surface area contributed by atoms with E-state index >= 15 is 0 Å². The van der Waals surface area contributed by atoms with Crippen LogP contribution in [0.1, 0.15) is 50.1 Å². The summed E-state index contributed by atoms with van der Waals surface area (Å²) in [6, 6.07) is 8.22. The number of aryl methyl sites for hydroxylation is 2. The normalized spacial score (nSPS) is 19.8. The quantitative estimate of drug-likeness (QED) is 0.753. The Labute approximate surface area is 190 Å². The zero-order valence-electron chi connectivity index (χ0n) is 19.3. The van der Waals surface area contributed by atoms with E-state index in [9.17, 15) is 9.59 Å². The molecular formula is C25H34N4O3. The maximum absolute atomic E-state index is 12.9. The van der Waals surface area contributed by atoms with Crippen molar-refractivity contribution in [3.05, 3.63) is 53.6 Å². The second-order valence-corrected chi connectivity index (χ2v) is 9.45. The molecule has 2 aliphatic rings. The summed E-state index contributed by atoms with van der Waals surface area (Å²) in [5, 5.41) is 3.00. The first-order valence-electron chi connectivity index (χ1n) is 11.7. The van der Waals surface area contributed by atoms with Crippen LogP contribution in [0.5, 0.6) is 0 Å². The highest BCUT2D eigenvalue weighted by molar-refractivity contribution is 5.81. The highest BCUT2D eigenvalue weighted by Crippen LogP contribution is 2.40. The molecule has 1 aromatic heterocycles. The van der Waals surface area contributed by atoms with Gasteiger partial charge in [0.15, 0.2) is 6.10 Å². The van der Waals surface area contributed by atoms with Crippen LogP contribution in [-0.2, 0) is 32.9 Å². The minimum atomic E-state index is -0.617. The number of carbonyl (C=O) groups is 2. The average Bonchev–Trinajstić information content (AvgIpc) is 3.27. The van der Waals surface area contributed by atoms with Crippen LogP contribution < -0.4 is 5.32 Å². The summed E-state index contributed by atoms with van der Waals surface area (Å²) in [5.41, 5.74) is 1.83. The van der Waals surface area contributed by atoms with E-state index in [4.69, 9.17) is 4.74 Å². The van der Waals surface area contributed by atoms with E-state index < -0.39 is 11.7 Å². The maximum Gasteiger partial charge on any atom is 0.251 e. The number of hydrogen-bond acceptors (Lipinski definition) is 4. The molecule has 1 aromatic carbocycles. The van der Waals surface area contributed by atoms with Crippen molar-refractivity contribution in [1.82, 2.24) is 19.8 Å². The zero-order chi connectivity index (χ0) is 22.7. The van der Waals surface area contributed by atoms with Crippen molar-refractivity contribution < 1.29 is 14.3 Å². The van der Waals surface area contributed by atoms with Gasteiger partial charge >= 0.3 is 0 Å². The van der Waals surface area contributed by atoms with Crippen molar-refractivity contribution in [2.45, 2.75) is 64.7 Å². The number of nitrogens with one attached hydrogen (secondary N) is 1. The average molecular weight is 439 g/mol. The number of benzene rings is 1. The van der Waals surface area contributed by atoms with Crippen molar-refractivity contribution in [3.63, 3.8) is 0 Å². The predicted molar refractivity (Wildman–Crippen MR) is 122 cm³/mol. The molecule has 32 heavy (non-hydrogen) atoms. The van der Waals surface area contributed by atoms with E-state index in [1.54, 1.807) is 6.20 Å². The van der Waals surface area contributed by atoms with Gasteiger partial charge < -0.3 is 19.5 Å². The van der Waals surface area contributed by atoms with Gasteiger partial charge in [-0.05, 0) is 30.4 Å². The van der Waals surface area contributed by atoms with E-state index in [0.717, 1.165) is 12.2 Å². The third kappa shape index (κ3) is 4.72.